The summed E-state index contributed by atoms with van der Waals surface area (Å²) in [6, 6.07) is -0.118. The van der Waals surface area contributed by atoms with Gasteiger partial charge in [0.05, 0.1) is 6.61 Å². The van der Waals surface area contributed by atoms with Crippen molar-refractivity contribution in [3.8, 4) is 0 Å². The Kier molecular flexibility index (Phi) is 8.27. The fraction of sp³-hybridized carbons (Fsp3) is 0.895. The second-order valence-electron chi connectivity index (χ2n) is 8.71. The van der Waals surface area contributed by atoms with Crippen molar-refractivity contribution >= 4 is 23.8 Å². The highest BCUT2D eigenvalue weighted by atomic mass is 32.2. The number of carbonyl (C=O) groups is 2. The maximum atomic E-state index is 12.9. The predicted molar refractivity (Wildman–Crippen MR) is 106 cm³/mol. The normalized spacial score (nSPS) is 21.1. The van der Waals surface area contributed by atoms with Gasteiger partial charge in [-0.2, -0.15) is 11.8 Å². The summed E-state index contributed by atoms with van der Waals surface area (Å²) < 4.78 is 5.48. The third-order valence-electron chi connectivity index (χ3n) is 5.08. The first-order valence-electron chi connectivity index (χ1n) is 9.35. The van der Waals surface area contributed by atoms with Crippen molar-refractivity contribution in [2.45, 2.75) is 71.3 Å². The molecule has 1 aliphatic rings. The van der Waals surface area contributed by atoms with E-state index in [0.29, 0.717) is 13.1 Å². The van der Waals surface area contributed by atoms with Crippen LogP contribution < -0.4 is 5.32 Å². The summed E-state index contributed by atoms with van der Waals surface area (Å²) in [4.78, 5) is 27.0. The quantitative estimate of drug-likeness (QED) is 0.731. The number of nitrogens with zero attached hydrogens (tertiary/aromatic N) is 1. The second kappa shape index (κ2) is 9.31. The molecule has 26 heavy (non-hydrogen) atoms. The van der Waals surface area contributed by atoms with E-state index in [4.69, 9.17) is 4.74 Å². The minimum atomic E-state index is -0.604. The zero-order chi connectivity index (χ0) is 20.1. The van der Waals surface area contributed by atoms with Gasteiger partial charge in [0.2, 0.25) is 5.91 Å². The molecule has 152 valence electrons. The number of hydrogen-bond donors (Lipinski definition) is 2. The third-order valence-corrected chi connectivity index (χ3v) is 6.24. The molecule has 0 bridgehead atoms. The van der Waals surface area contributed by atoms with Crippen molar-refractivity contribution in [1.29, 1.82) is 0 Å². The number of likely N-dealkylation sites (tertiary alicyclic amines) is 1. The summed E-state index contributed by atoms with van der Waals surface area (Å²) in [6.07, 6.45) is 3.38. The topological polar surface area (TPSA) is 78.9 Å². The van der Waals surface area contributed by atoms with Crippen LogP contribution >= 0.6 is 11.8 Å². The monoisotopic (exact) mass is 388 g/mol. The molecule has 2 N–H and O–H groups in total. The number of amides is 2. The zero-order valence-corrected chi connectivity index (χ0v) is 18.1. The molecule has 0 aromatic rings. The molecule has 6 nitrogen and oxygen atoms in total. The highest BCUT2D eigenvalue weighted by molar-refractivity contribution is 7.99. The Morgan fingerprint density at radius 2 is 1.92 bits per heavy atom. The summed E-state index contributed by atoms with van der Waals surface area (Å²) in [5.74, 6) is 0.0337. The number of thioether (sulfide) groups is 1. The molecule has 1 aliphatic heterocycles. The lowest BCUT2D eigenvalue weighted by Crippen LogP contribution is -2.53. The minimum absolute atomic E-state index is 0.0267. The molecule has 7 heteroatoms. The van der Waals surface area contributed by atoms with Gasteiger partial charge in [0.25, 0.3) is 0 Å². The molecule has 1 saturated heterocycles. The molecular weight excluding hydrogens is 352 g/mol. The van der Waals surface area contributed by atoms with Crippen molar-refractivity contribution in [3.63, 3.8) is 0 Å². The van der Waals surface area contributed by atoms with Gasteiger partial charge in [0.1, 0.15) is 5.60 Å². The van der Waals surface area contributed by atoms with Crippen molar-refractivity contribution in [2.24, 2.45) is 11.3 Å². The lowest BCUT2D eigenvalue weighted by atomic mass is 9.73. The molecule has 1 rings (SSSR count). The van der Waals surface area contributed by atoms with Crippen LogP contribution in [-0.2, 0) is 9.53 Å². The van der Waals surface area contributed by atoms with Crippen molar-refractivity contribution in [3.05, 3.63) is 0 Å². The molecule has 0 aliphatic carbocycles. The van der Waals surface area contributed by atoms with Gasteiger partial charge in [0, 0.05) is 29.8 Å². The molecule has 0 spiro atoms. The number of rotatable bonds is 6. The highest BCUT2D eigenvalue weighted by Crippen LogP contribution is 2.35. The number of aliphatic hydroxyl groups is 1. The number of piperidine rings is 1. The Labute approximate surface area is 162 Å². The fourth-order valence-electron chi connectivity index (χ4n) is 3.17. The van der Waals surface area contributed by atoms with E-state index in [0.717, 1.165) is 12.8 Å². The Morgan fingerprint density at radius 1 is 1.31 bits per heavy atom. The SMILES string of the molecule is CS[C@H](CO)[C@H](C)NC(=O)C(C)(C)[C@H]1CCCN(C(=O)OC(C)(C)C)C1. The smallest absolute Gasteiger partial charge is 0.410 e. The highest BCUT2D eigenvalue weighted by Gasteiger charge is 2.41. The Hall–Kier alpha value is -0.950. The average Bonchev–Trinajstić information content (AvgIpc) is 2.54. The first-order chi connectivity index (χ1) is 11.9. The van der Waals surface area contributed by atoms with Crippen LogP contribution in [0.2, 0.25) is 0 Å². The Morgan fingerprint density at radius 3 is 2.42 bits per heavy atom. The Balaban J connectivity index is 2.75. The molecule has 0 unspecified atom stereocenters. The molecule has 1 heterocycles. The van der Waals surface area contributed by atoms with Gasteiger partial charge < -0.3 is 20.1 Å². The van der Waals surface area contributed by atoms with E-state index in [1.54, 1.807) is 16.7 Å². The number of carbonyl (C=O) groups excluding carboxylic acids is 2. The van der Waals surface area contributed by atoms with Gasteiger partial charge in [-0.15, -0.1) is 0 Å². The summed E-state index contributed by atoms with van der Waals surface area (Å²) in [5, 5.41) is 12.4. The number of ether oxygens (including phenoxy) is 1. The molecule has 1 fully saturated rings. The van der Waals surface area contributed by atoms with Gasteiger partial charge in [-0.3, -0.25) is 4.79 Å². The van der Waals surface area contributed by atoms with Crippen LogP contribution in [0, 0.1) is 11.3 Å². The van der Waals surface area contributed by atoms with E-state index in [1.807, 2.05) is 47.8 Å². The summed E-state index contributed by atoms with van der Waals surface area (Å²) >= 11 is 1.54. The van der Waals surface area contributed by atoms with Crippen LogP contribution in [0.15, 0.2) is 0 Å². The maximum Gasteiger partial charge on any atom is 0.410 e. The average molecular weight is 389 g/mol. The standard InChI is InChI=1S/C19H36N2O4S/c1-13(15(12-22)26-7)20-16(23)19(5,6)14-9-8-10-21(11-14)17(24)25-18(2,3)4/h13-15,22H,8-12H2,1-7H3,(H,20,23)/t13-,14-,15+/m0/s1. The van der Waals surface area contributed by atoms with E-state index in [1.165, 1.54) is 0 Å². The zero-order valence-electron chi connectivity index (χ0n) is 17.3. The first kappa shape index (κ1) is 23.1. The van der Waals surface area contributed by atoms with Crippen LogP contribution in [-0.4, -0.2) is 64.9 Å². The molecule has 0 aromatic carbocycles. The van der Waals surface area contributed by atoms with Crippen molar-refractivity contribution in [2.75, 3.05) is 26.0 Å². The van der Waals surface area contributed by atoms with Crippen molar-refractivity contribution < 1.29 is 19.4 Å². The number of aliphatic hydroxyl groups excluding tert-OH is 1. The molecule has 2 amide bonds. The molecule has 0 radical (unpaired) electrons. The second-order valence-corrected chi connectivity index (χ2v) is 9.78. The van der Waals surface area contributed by atoms with Crippen LogP contribution in [0.3, 0.4) is 0 Å². The lowest BCUT2D eigenvalue weighted by Gasteiger charge is -2.41. The van der Waals surface area contributed by atoms with Gasteiger partial charge in [-0.1, -0.05) is 13.8 Å². The Bertz CT molecular complexity index is 486. The number of nitrogens with one attached hydrogen (secondary N) is 1. The molecular formula is C19H36N2O4S. The third kappa shape index (κ3) is 6.34. The van der Waals surface area contributed by atoms with E-state index >= 15 is 0 Å². The molecule has 0 saturated carbocycles. The van der Waals surface area contributed by atoms with Crippen molar-refractivity contribution in [1.82, 2.24) is 10.2 Å². The van der Waals surface area contributed by atoms with E-state index in [2.05, 4.69) is 5.32 Å². The largest absolute Gasteiger partial charge is 0.444 e. The maximum absolute atomic E-state index is 12.9. The predicted octanol–water partition coefficient (Wildman–Crippen LogP) is 2.89. The molecule has 3 atom stereocenters. The molecule has 0 aromatic heterocycles. The summed E-state index contributed by atoms with van der Waals surface area (Å²) in [5.41, 5.74) is -1.13. The summed E-state index contributed by atoms with van der Waals surface area (Å²) in [6.45, 7) is 12.6. The van der Waals surface area contributed by atoms with Crippen LogP contribution in [0.25, 0.3) is 0 Å². The van der Waals surface area contributed by atoms with E-state index in [9.17, 15) is 14.7 Å². The van der Waals surface area contributed by atoms with E-state index in [-0.39, 0.29) is 35.8 Å². The minimum Gasteiger partial charge on any atom is -0.444 e. The van der Waals surface area contributed by atoms with Crippen LogP contribution in [0.5, 0.6) is 0 Å². The van der Waals surface area contributed by atoms with Gasteiger partial charge >= 0.3 is 6.09 Å². The lowest BCUT2D eigenvalue weighted by molar-refractivity contribution is -0.134. The first-order valence-corrected chi connectivity index (χ1v) is 10.6. The van der Waals surface area contributed by atoms with Crippen LogP contribution in [0.1, 0.15) is 54.4 Å². The fourth-order valence-corrected chi connectivity index (χ4v) is 3.79. The van der Waals surface area contributed by atoms with Crippen LogP contribution in [0.4, 0.5) is 4.79 Å². The van der Waals surface area contributed by atoms with Gasteiger partial charge in [-0.25, -0.2) is 4.79 Å². The summed E-state index contributed by atoms with van der Waals surface area (Å²) in [7, 11) is 0. The van der Waals surface area contributed by atoms with Gasteiger partial charge in [0.15, 0.2) is 0 Å². The number of hydrogen-bond acceptors (Lipinski definition) is 5. The van der Waals surface area contributed by atoms with Gasteiger partial charge in [-0.05, 0) is 52.7 Å². The van der Waals surface area contributed by atoms with E-state index < -0.39 is 11.0 Å².